The molecule has 1 rings (SSSR count). The van der Waals surface area contributed by atoms with Crippen molar-refractivity contribution in [2.75, 3.05) is 26.2 Å². The number of piperazine rings is 1. The van der Waals surface area contributed by atoms with Crippen molar-refractivity contribution in [3.8, 4) is 0 Å². The van der Waals surface area contributed by atoms with Crippen LogP contribution in [-0.2, 0) is 9.68 Å². The van der Waals surface area contributed by atoms with Crippen molar-refractivity contribution >= 4 is 5.97 Å². The van der Waals surface area contributed by atoms with E-state index in [9.17, 15) is 4.79 Å². The van der Waals surface area contributed by atoms with Crippen LogP contribution in [0.1, 0.15) is 64.7 Å². The van der Waals surface area contributed by atoms with E-state index in [4.69, 9.17) is 10.4 Å². The van der Waals surface area contributed by atoms with Gasteiger partial charge in [0.1, 0.15) is 6.10 Å². The summed E-state index contributed by atoms with van der Waals surface area (Å²) in [6.45, 7) is 6.70. The average molecular weight is 423 g/mol. The molecule has 0 aromatic heterocycles. The number of hydrogen-bond acceptors (Lipinski definition) is 5. The molecule has 0 bridgehead atoms. The SMILES string of the molecule is C1CNCCN1.CCCCCC(C=CC=CCC=CCC=CCCCC(=O)O)OO. The predicted octanol–water partition coefficient (Wildman–Crippen LogP) is 4.86. The van der Waals surface area contributed by atoms with Gasteiger partial charge in [0.05, 0.1) is 0 Å². The molecule has 0 spiro atoms. The van der Waals surface area contributed by atoms with Crippen molar-refractivity contribution in [3.05, 3.63) is 48.6 Å². The lowest BCUT2D eigenvalue weighted by molar-refractivity contribution is -0.267. The van der Waals surface area contributed by atoms with Gasteiger partial charge in [-0.2, -0.15) is 0 Å². The minimum absolute atomic E-state index is 0.219. The first kappa shape index (κ1) is 28.3. The maximum Gasteiger partial charge on any atom is 0.303 e. The molecule has 4 N–H and O–H groups in total. The van der Waals surface area contributed by atoms with Crippen molar-refractivity contribution in [1.82, 2.24) is 10.6 Å². The number of unbranched alkanes of at least 4 members (excludes halogenated alkanes) is 3. The number of nitrogens with one attached hydrogen (secondary N) is 2. The van der Waals surface area contributed by atoms with Crippen molar-refractivity contribution in [2.45, 2.75) is 70.8 Å². The van der Waals surface area contributed by atoms with Gasteiger partial charge in [-0.25, -0.2) is 4.89 Å². The summed E-state index contributed by atoms with van der Waals surface area (Å²) >= 11 is 0. The maximum absolute atomic E-state index is 10.3. The van der Waals surface area contributed by atoms with Crippen LogP contribution in [0.4, 0.5) is 0 Å². The van der Waals surface area contributed by atoms with Crippen LogP contribution in [0.5, 0.6) is 0 Å². The largest absolute Gasteiger partial charge is 0.481 e. The van der Waals surface area contributed by atoms with E-state index >= 15 is 0 Å². The number of hydrogen-bond donors (Lipinski definition) is 4. The van der Waals surface area contributed by atoms with E-state index in [-0.39, 0.29) is 12.5 Å². The number of carboxylic acids is 1. The second-order valence-electron chi connectivity index (χ2n) is 7.15. The van der Waals surface area contributed by atoms with E-state index in [1.54, 1.807) is 0 Å². The van der Waals surface area contributed by atoms with E-state index < -0.39 is 5.97 Å². The van der Waals surface area contributed by atoms with Crippen molar-refractivity contribution < 1.29 is 20.0 Å². The van der Waals surface area contributed by atoms with Crippen LogP contribution in [0.15, 0.2) is 48.6 Å². The molecule has 1 heterocycles. The zero-order valence-electron chi connectivity index (χ0n) is 18.6. The molecule has 30 heavy (non-hydrogen) atoms. The minimum Gasteiger partial charge on any atom is -0.481 e. The molecule has 172 valence electrons. The molecule has 1 aliphatic heterocycles. The van der Waals surface area contributed by atoms with E-state index in [2.05, 4.69) is 40.7 Å². The highest BCUT2D eigenvalue weighted by Gasteiger charge is 2.02. The smallest absolute Gasteiger partial charge is 0.303 e. The first-order valence-corrected chi connectivity index (χ1v) is 11.3. The first-order chi connectivity index (χ1) is 14.7. The highest BCUT2D eigenvalue weighted by Crippen LogP contribution is 2.07. The lowest BCUT2D eigenvalue weighted by Crippen LogP contribution is -2.39. The highest BCUT2D eigenvalue weighted by molar-refractivity contribution is 5.66. The molecule has 0 aliphatic carbocycles. The maximum atomic E-state index is 10.3. The quantitative estimate of drug-likeness (QED) is 0.0990. The standard InChI is InChI=1S/C20H32O4.C4H10N2/c1-2-3-13-16-19(24-23)17-14-11-9-7-5-4-6-8-10-12-15-18-20(21)22;1-2-6-4-3-5-1/h4-5,8-11,14,17,19,23H,2-3,6-7,12-13,15-16,18H2,1H3,(H,21,22);5-6H,1-4H2. The molecule has 0 aromatic rings. The molecule has 6 heteroatoms. The Kier molecular flexibility index (Phi) is 22.2. The summed E-state index contributed by atoms with van der Waals surface area (Å²) < 4.78 is 0. The molecule has 0 saturated carbocycles. The third-order valence-corrected chi connectivity index (χ3v) is 4.40. The van der Waals surface area contributed by atoms with Crippen LogP contribution in [0, 0.1) is 0 Å². The average Bonchev–Trinajstić information content (AvgIpc) is 2.77. The van der Waals surface area contributed by atoms with Gasteiger partial charge in [-0.3, -0.25) is 10.1 Å². The number of carboxylic acid groups (broad SMARTS) is 1. The number of carbonyl (C=O) groups is 1. The molecule has 1 saturated heterocycles. The second kappa shape index (κ2) is 23.5. The van der Waals surface area contributed by atoms with E-state index in [0.29, 0.717) is 6.42 Å². The normalized spacial score (nSPS) is 15.8. The van der Waals surface area contributed by atoms with E-state index in [1.807, 2.05) is 30.4 Å². The number of allylic oxidation sites excluding steroid dienone is 7. The van der Waals surface area contributed by atoms with Gasteiger partial charge in [0, 0.05) is 32.6 Å². The predicted molar refractivity (Wildman–Crippen MR) is 125 cm³/mol. The molecule has 1 atom stereocenters. The Morgan fingerprint density at radius 3 is 2.13 bits per heavy atom. The topological polar surface area (TPSA) is 90.8 Å². The van der Waals surface area contributed by atoms with Gasteiger partial charge in [-0.1, -0.05) is 74.8 Å². The summed E-state index contributed by atoms with van der Waals surface area (Å²) in [6.07, 6.45) is 23.5. The fourth-order valence-corrected chi connectivity index (χ4v) is 2.66. The molecule has 0 radical (unpaired) electrons. The van der Waals surface area contributed by atoms with Gasteiger partial charge in [0.15, 0.2) is 0 Å². The number of rotatable bonds is 15. The molecular weight excluding hydrogens is 380 g/mol. The first-order valence-electron chi connectivity index (χ1n) is 11.3. The van der Waals surface area contributed by atoms with Crippen LogP contribution >= 0.6 is 0 Å². The molecular formula is C24H42N2O4. The molecule has 1 unspecified atom stereocenters. The van der Waals surface area contributed by atoms with Crippen LogP contribution in [0.2, 0.25) is 0 Å². The van der Waals surface area contributed by atoms with Gasteiger partial charge in [0.2, 0.25) is 0 Å². The van der Waals surface area contributed by atoms with Crippen molar-refractivity contribution in [2.24, 2.45) is 0 Å². The molecule has 1 fully saturated rings. The van der Waals surface area contributed by atoms with Gasteiger partial charge in [-0.05, 0) is 32.1 Å². The summed E-state index contributed by atoms with van der Waals surface area (Å²) in [4.78, 5) is 14.8. The van der Waals surface area contributed by atoms with Crippen molar-refractivity contribution in [1.29, 1.82) is 0 Å². The monoisotopic (exact) mass is 422 g/mol. The van der Waals surface area contributed by atoms with Gasteiger partial charge in [0.25, 0.3) is 0 Å². The number of aliphatic carboxylic acids is 1. The van der Waals surface area contributed by atoms with Crippen LogP contribution < -0.4 is 10.6 Å². The second-order valence-corrected chi connectivity index (χ2v) is 7.15. The summed E-state index contributed by atoms with van der Waals surface area (Å²) in [6, 6.07) is 0. The van der Waals surface area contributed by atoms with E-state index in [1.165, 1.54) is 0 Å². The fraction of sp³-hybridized carbons (Fsp3) is 0.625. The molecule has 0 aromatic carbocycles. The molecule has 6 nitrogen and oxygen atoms in total. The summed E-state index contributed by atoms with van der Waals surface area (Å²) in [5, 5.41) is 23.8. The summed E-state index contributed by atoms with van der Waals surface area (Å²) in [7, 11) is 0. The van der Waals surface area contributed by atoms with Crippen LogP contribution in [-0.4, -0.2) is 48.6 Å². The summed E-state index contributed by atoms with van der Waals surface area (Å²) in [5.41, 5.74) is 0. The molecule has 0 amide bonds. The third-order valence-electron chi connectivity index (χ3n) is 4.40. The Labute approximate surface area is 182 Å². The fourth-order valence-electron chi connectivity index (χ4n) is 2.66. The zero-order valence-corrected chi connectivity index (χ0v) is 18.6. The lowest BCUT2D eigenvalue weighted by Gasteiger charge is -2.11. The van der Waals surface area contributed by atoms with Gasteiger partial charge in [-0.15, -0.1) is 0 Å². The van der Waals surface area contributed by atoms with Gasteiger partial charge < -0.3 is 15.7 Å². The Balaban J connectivity index is 0.00000118. The summed E-state index contributed by atoms with van der Waals surface area (Å²) in [5.74, 6) is -0.734. The Hall–Kier alpha value is -1.73. The minimum atomic E-state index is -0.734. The lowest BCUT2D eigenvalue weighted by atomic mass is 10.1. The van der Waals surface area contributed by atoms with Crippen molar-refractivity contribution in [3.63, 3.8) is 0 Å². The third kappa shape index (κ3) is 22.6. The highest BCUT2D eigenvalue weighted by atomic mass is 17.1. The molecule has 1 aliphatic rings. The van der Waals surface area contributed by atoms with Crippen LogP contribution in [0.3, 0.4) is 0 Å². The Morgan fingerprint density at radius 2 is 1.57 bits per heavy atom. The van der Waals surface area contributed by atoms with E-state index in [0.717, 1.165) is 71.1 Å². The van der Waals surface area contributed by atoms with Crippen LogP contribution in [0.25, 0.3) is 0 Å². The zero-order chi connectivity index (χ0) is 22.1. The Morgan fingerprint density at radius 1 is 0.933 bits per heavy atom. The Bertz CT molecular complexity index is 486. The van der Waals surface area contributed by atoms with Gasteiger partial charge >= 0.3 is 5.97 Å².